The molecular formula is C17H20NO2+. The van der Waals surface area contributed by atoms with Gasteiger partial charge in [-0.3, -0.25) is 0 Å². The maximum Gasteiger partial charge on any atom is 0.231 e. The van der Waals surface area contributed by atoms with Crippen molar-refractivity contribution in [1.82, 2.24) is 0 Å². The van der Waals surface area contributed by atoms with Gasteiger partial charge in [0, 0.05) is 6.42 Å². The van der Waals surface area contributed by atoms with Crippen molar-refractivity contribution in [2.75, 3.05) is 13.3 Å². The average Bonchev–Trinajstić information content (AvgIpc) is 2.95. The number of hydrogen-bond donors (Lipinski definition) is 1. The molecule has 3 N–H and O–H groups in total. The van der Waals surface area contributed by atoms with Crippen molar-refractivity contribution in [1.29, 1.82) is 0 Å². The van der Waals surface area contributed by atoms with Crippen molar-refractivity contribution in [3.63, 3.8) is 0 Å². The van der Waals surface area contributed by atoms with Crippen LogP contribution in [0.15, 0.2) is 48.5 Å². The Hall–Kier alpha value is -2.00. The largest absolute Gasteiger partial charge is 0.454 e. The Morgan fingerprint density at radius 3 is 2.60 bits per heavy atom. The molecule has 3 heteroatoms. The Morgan fingerprint density at radius 2 is 1.80 bits per heavy atom. The lowest BCUT2D eigenvalue weighted by atomic mass is 9.89. The lowest BCUT2D eigenvalue weighted by Crippen LogP contribution is -2.50. The van der Waals surface area contributed by atoms with Crippen LogP contribution in [0.25, 0.3) is 0 Å². The standard InChI is InChI=1S/C17H19NO2/c18-9-8-15(10-13-4-2-1-3-5-13)14-6-7-16-17(11-14)20-12-19-16/h1-7,11,15H,8-10,12,18H2/p+1/t15-/m0/s1. The van der Waals surface area contributed by atoms with E-state index < -0.39 is 0 Å². The molecule has 1 heterocycles. The van der Waals surface area contributed by atoms with E-state index in [-0.39, 0.29) is 0 Å². The van der Waals surface area contributed by atoms with Gasteiger partial charge in [0.1, 0.15) is 0 Å². The fourth-order valence-corrected chi connectivity index (χ4v) is 2.70. The second kappa shape index (κ2) is 5.97. The molecule has 3 nitrogen and oxygen atoms in total. The van der Waals surface area contributed by atoms with Gasteiger partial charge in [0.25, 0.3) is 0 Å². The van der Waals surface area contributed by atoms with Crippen LogP contribution in [0, 0.1) is 0 Å². The molecular weight excluding hydrogens is 250 g/mol. The molecule has 20 heavy (non-hydrogen) atoms. The van der Waals surface area contributed by atoms with Crippen molar-refractivity contribution in [3.8, 4) is 11.5 Å². The normalized spacial score (nSPS) is 14.2. The predicted octanol–water partition coefficient (Wildman–Crippen LogP) is 2.37. The van der Waals surface area contributed by atoms with Crippen LogP contribution in [0.4, 0.5) is 0 Å². The summed E-state index contributed by atoms with van der Waals surface area (Å²) in [6.07, 6.45) is 2.12. The molecule has 0 unspecified atom stereocenters. The molecule has 2 aromatic rings. The number of rotatable bonds is 5. The summed E-state index contributed by atoms with van der Waals surface area (Å²) in [4.78, 5) is 0. The van der Waals surface area contributed by atoms with Crippen LogP contribution >= 0.6 is 0 Å². The lowest BCUT2D eigenvalue weighted by Gasteiger charge is -2.16. The van der Waals surface area contributed by atoms with E-state index in [4.69, 9.17) is 9.47 Å². The summed E-state index contributed by atoms with van der Waals surface area (Å²) >= 11 is 0. The van der Waals surface area contributed by atoms with E-state index in [0.717, 1.165) is 30.9 Å². The van der Waals surface area contributed by atoms with Gasteiger partial charge in [-0.05, 0) is 35.6 Å². The third-order valence-corrected chi connectivity index (χ3v) is 3.75. The zero-order valence-corrected chi connectivity index (χ0v) is 11.5. The molecule has 0 amide bonds. The van der Waals surface area contributed by atoms with Gasteiger partial charge >= 0.3 is 0 Å². The van der Waals surface area contributed by atoms with Gasteiger partial charge in [0.2, 0.25) is 6.79 Å². The van der Waals surface area contributed by atoms with Crippen LogP contribution in [0.2, 0.25) is 0 Å². The Balaban J connectivity index is 1.83. The molecule has 0 aromatic heterocycles. The summed E-state index contributed by atoms with van der Waals surface area (Å²) in [7, 11) is 0. The average molecular weight is 270 g/mol. The van der Waals surface area contributed by atoms with Crippen LogP contribution in [0.3, 0.4) is 0 Å². The van der Waals surface area contributed by atoms with E-state index in [9.17, 15) is 0 Å². The summed E-state index contributed by atoms with van der Waals surface area (Å²) in [5.74, 6) is 2.19. The third kappa shape index (κ3) is 2.78. The number of fused-ring (bicyclic) bond motifs is 1. The fraction of sp³-hybridized carbons (Fsp3) is 0.294. The van der Waals surface area contributed by atoms with Crippen molar-refractivity contribution in [3.05, 3.63) is 59.7 Å². The van der Waals surface area contributed by atoms with Crippen LogP contribution in [-0.2, 0) is 6.42 Å². The van der Waals surface area contributed by atoms with Crippen LogP contribution in [0.5, 0.6) is 11.5 Å². The lowest BCUT2D eigenvalue weighted by molar-refractivity contribution is -0.369. The minimum Gasteiger partial charge on any atom is -0.454 e. The molecule has 1 aliphatic heterocycles. The zero-order chi connectivity index (χ0) is 13.8. The molecule has 0 bridgehead atoms. The van der Waals surface area contributed by atoms with Crippen molar-refractivity contribution in [2.45, 2.75) is 18.8 Å². The summed E-state index contributed by atoms with van der Waals surface area (Å²) in [5.41, 5.74) is 6.68. The monoisotopic (exact) mass is 270 g/mol. The SMILES string of the molecule is [NH3+]CC[C@@H](Cc1ccccc1)c1ccc2c(c1)OCO2. The minimum atomic E-state index is 0.331. The molecule has 0 fully saturated rings. The first-order chi connectivity index (χ1) is 9.86. The first-order valence-electron chi connectivity index (χ1n) is 7.09. The van der Waals surface area contributed by atoms with Crippen molar-refractivity contribution in [2.24, 2.45) is 0 Å². The van der Waals surface area contributed by atoms with Gasteiger partial charge in [-0.25, -0.2) is 0 Å². The van der Waals surface area contributed by atoms with E-state index in [1.165, 1.54) is 11.1 Å². The highest BCUT2D eigenvalue weighted by molar-refractivity contribution is 5.45. The summed E-state index contributed by atoms with van der Waals surface area (Å²) in [6.45, 7) is 1.27. The highest BCUT2D eigenvalue weighted by Crippen LogP contribution is 2.36. The van der Waals surface area contributed by atoms with E-state index in [1.807, 2.05) is 6.07 Å². The van der Waals surface area contributed by atoms with Gasteiger partial charge in [-0.2, -0.15) is 0 Å². The molecule has 0 aliphatic carbocycles. The first-order valence-corrected chi connectivity index (χ1v) is 7.09. The quantitative estimate of drug-likeness (QED) is 0.906. The van der Waals surface area contributed by atoms with Crippen molar-refractivity contribution >= 4 is 0 Å². The topological polar surface area (TPSA) is 46.1 Å². The molecule has 1 atom stereocenters. The smallest absolute Gasteiger partial charge is 0.231 e. The van der Waals surface area contributed by atoms with E-state index in [0.29, 0.717) is 12.7 Å². The maximum absolute atomic E-state index is 5.48. The van der Waals surface area contributed by atoms with Crippen LogP contribution in [0.1, 0.15) is 23.5 Å². The highest BCUT2D eigenvalue weighted by atomic mass is 16.7. The molecule has 2 aromatic carbocycles. The number of quaternary nitrogens is 1. The van der Waals surface area contributed by atoms with Crippen LogP contribution in [-0.4, -0.2) is 13.3 Å². The summed E-state index contributed by atoms with van der Waals surface area (Å²) in [6, 6.07) is 16.9. The van der Waals surface area contributed by atoms with E-state index in [1.54, 1.807) is 0 Å². The Labute approximate surface area is 119 Å². The summed E-state index contributed by atoms with van der Waals surface area (Å²) < 4.78 is 10.9. The van der Waals surface area contributed by atoms with Crippen LogP contribution < -0.4 is 15.2 Å². The molecule has 104 valence electrons. The highest BCUT2D eigenvalue weighted by Gasteiger charge is 2.18. The van der Waals surface area contributed by atoms with Gasteiger partial charge in [-0.15, -0.1) is 0 Å². The molecule has 1 aliphatic rings. The Bertz CT molecular complexity index is 568. The Kier molecular flexibility index (Phi) is 3.88. The molecule has 0 radical (unpaired) electrons. The molecule has 0 spiro atoms. The fourth-order valence-electron chi connectivity index (χ4n) is 2.70. The third-order valence-electron chi connectivity index (χ3n) is 3.75. The molecule has 0 saturated carbocycles. The van der Waals surface area contributed by atoms with Gasteiger partial charge in [0.15, 0.2) is 11.5 Å². The van der Waals surface area contributed by atoms with Gasteiger partial charge in [-0.1, -0.05) is 36.4 Å². The second-order valence-corrected chi connectivity index (χ2v) is 5.14. The van der Waals surface area contributed by atoms with Crippen molar-refractivity contribution < 1.29 is 15.2 Å². The number of hydrogen-bond acceptors (Lipinski definition) is 2. The second-order valence-electron chi connectivity index (χ2n) is 5.14. The molecule has 3 rings (SSSR count). The number of benzene rings is 2. The number of ether oxygens (including phenoxy) is 2. The minimum absolute atomic E-state index is 0.331. The van der Waals surface area contributed by atoms with Gasteiger partial charge in [0.05, 0.1) is 6.54 Å². The zero-order valence-electron chi connectivity index (χ0n) is 11.5. The molecule has 0 saturated heterocycles. The maximum atomic E-state index is 5.48. The van der Waals surface area contributed by atoms with Gasteiger partial charge < -0.3 is 15.2 Å². The first kappa shape index (κ1) is 13.0. The van der Waals surface area contributed by atoms with E-state index >= 15 is 0 Å². The van der Waals surface area contributed by atoms with E-state index in [2.05, 4.69) is 48.2 Å². The predicted molar refractivity (Wildman–Crippen MR) is 77.8 cm³/mol. The summed E-state index contributed by atoms with van der Waals surface area (Å²) in [5, 5.41) is 0. The Morgan fingerprint density at radius 1 is 1.00 bits per heavy atom.